The summed E-state index contributed by atoms with van der Waals surface area (Å²) in [6, 6.07) is 10.9. The van der Waals surface area contributed by atoms with Crippen molar-refractivity contribution in [3.05, 3.63) is 71.4 Å². The Morgan fingerprint density at radius 3 is 2.86 bits per heavy atom. The summed E-state index contributed by atoms with van der Waals surface area (Å²) >= 11 is 0. The van der Waals surface area contributed by atoms with E-state index in [0.29, 0.717) is 53.7 Å². The maximum absolute atomic E-state index is 14.8. The van der Waals surface area contributed by atoms with Crippen molar-refractivity contribution in [3.8, 4) is 17.6 Å². The second kappa shape index (κ2) is 12.1. The molecule has 3 aromatic rings. The number of piperidine rings is 1. The molecule has 0 aliphatic carbocycles. The Bertz CT molecular complexity index is 1320. The lowest BCUT2D eigenvalue weighted by atomic mass is 9.79. The van der Waals surface area contributed by atoms with Crippen LogP contribution in [0, 0.1) is 35.3 Å². The molecule has 194 valence electrons. The van der Waals surface area contributed by atoms with Crippen LogP contribution in [-0.2, 0) is 4.79 Å². The first-order valence-corrected chi connectivity index (χ1v) is 12.4. The van der Waals surface area contributed by atoms with Crippen molar-refractivity contribution < 1.29 is 23.4 Å². The number of hydrogen-bond donors (Lipinski definition) is 2. The predicted molar refractivity (Wildman–Crippen MR) is 138 cm³/mol. The molecule has 0 bridgehead atoms. The number of carbonyl (C=O) groups is 1. The number of pyridine rings is 1. The number of fused-ring (bicyclic) bond motifs is 1. The fraction of sp³-hybridized carbons (Fsp3) is 0.379. The molecule has 2 heterocycles. The summed E-state index contributed by atoms with van der Waals surface area (Å²) in [6.45, 7) is 1.86. The number of rotatable bonds is 8. The van der Waals surface area contributed by atoms with Gasteiger partial charge in [-0.15, -0.1) is 0 Å². The molecular formula is C29H31F2N3O3. The zero-order chi connectivity index (χ0) is 26.4. The molecule has 1 saturated heterocycles. The molecule has 1 aliphatic heterocycles. The summed E-state index contributed by atoms with van der Waals surface area (Å²) in [5.74, 6) is 5.11. The third-order valence-corrected chi connectivity index (χ3v) is 7.06. The van der Waals surface area contributed by atoms with Crippen molar-refractivity contribution in [2.45, 2.75) is 31.7 Å². The number of carboxylic acids is 1. The van der Waals surface area contributed by atoms with Crippen LogP contribution < -0.4 is 10.5 Å². The number of nitrogens with two attached hydrogens (primary N) is 1. The first-order chi connectivity index (χ1) is 17.8. The van der Waals surface area contributed by atoms with E-state index >= 15 is 0 Å². The van der Waals surface area contributed by atoms with Gasteiger partial charge in [-0.05, 0) is 74.0 Å². The van der Waals surface area contributed by atoms with Crippen LogP contribution in [0.15, 0.2) is 48.7 Å². The van der Waals surface area contributed by atoms with Gasteiger partial charge in [0.2, 0.25) is 0 Å². The zero-order valence-electron chi connectivity index (χ0n) is 20.8. The molecule has 1 aromatic heterocycles. The standard InChI is InChI=1S/C29H31F2N3O3/c1-37-23-8-10-27-24(16-23)29(25(31)17-33-27)26(32)9-7-20-11-13-34(18-21(20)15-28(35)36)12-3-5-19-4-2-6-22(30)14-19/h2,4,6,8,10,14,16-17,20-21,26H,7,9,11-13,15,18,32H2,1H3,(H,35,36)/t20-,21-,26+/m1/s1. The molecule has 37 heavy (non-hydrogen) atoms. The van der Waals surface area contributed by atoms with Gasteiger partial charge in [-0.1, -0.05) is 17.9 Å². The lowest BCUT2D eigenvalue weighted by molar-refractivity contribution is -0.139. The number of carboxylic acid groups (broad SMARTS) is 1. The highest BCUT2D eigenvalue weighted by Crippen LogP contribution is 2.35. The summed E-state index contributed by atoms with van der Waals surface area (Å²) in [7, 11) is 1.55. The van der Waals surface area contributed by atoms with E-state index in [4.69, 9.17) is 10.5 Å². The highest BCUT2D eigenvalue weighted by molar-refractivity contribution is 5.84. The van der Waals surface area contributed by atoms with Gasteiger partial charge in [-0.25, -0.2) is 8.78 Å². The lowest BCUT2D eigenvalue weighted by Crippen LogP contribution is -2.41. The van der Waals surface area contributed by atoms with Gasteiger partial charge in [0.1, 0.15) is 17.4 Å². The van der Waals surface area contributed by atoms with Gasteiger partial charge in [0.25, 0.3) is 0 Å². The van der Waals surface area contributed by atoms with Gasteiger partial charge in [0.05, 0.1) is 25.4 Å². The van der Waals surface area contributed by atoms with Gasteiger partial charge >= 0.3 is 5.97 Å². The quantitative estimate of drug-likeness (QED) is 0.427. The van der Waals surface area contributed by atoms with Crippen molar-refractivity contribution in [1.29, 1.82) is 0 Å². The molecule has 6 nitrogen and oxygen atoms in total. The van der Waals surface area contributed by atoms with Gasteiger partial charge in [-0.2, -0.15) is 0 Å². The highest BCUT2D eigenvalue weighted by Gasteiger charge is 2.31. The van der Waals surface area contributed by atoms with E-state index in [-0.39, 0.29) is 24.1 Å². The van der Waals surface area contributed by atoms with Crippen molar-refractivity contribution >= 4 is 16.9 Å². The van der Waals surface area contributed by atoms with Gasteiger partial charge in [-0.3, -0.25) is 14.7 Å². The summed E-state index contributed by atoms with van der Waals surface area (Å²) < 4.78 is 33.5. The first kappa shape index (κ1) is 26.5. The SMILES string of the molecule is COc1ccc2ncc(F)c([C@@H](N)CC[C@@H]3CCN(CC#Cc4cccc(F)c4)C[C@H]3CC(=O)O)c2c1. The van der Waals surface area contributed by atoms with Gasteiger partial charge in [0.15, 0.2) is 0 Å². The predicted octanol–water partition coefficient (Wildman–Crippen LogP) is 4.77. The number of halogens is 2. The van der Waals surface area contributed by atoms with E-state index in [2.05, 4.69) is 21.7 Å². The fourth-order valence-electron chi connectivity index (χ4n) is 5.16. The Kier molecular flexibility index (Phi) is 8.70. The molecule has 3 atom stereocenters. The monoisotopic (exact) mass is 507 g/mol. The molecule has 0 spiro atoms. The minimum absolute atomic E-state index is 0.0531. The van der Waals surface area contributed by atoms with Crippen LogP contribution in [-0.4, -0.2) is 47.7 Å². The van der Waals surface area contributed by atoms with Crippen LogP contribution in [0.1, 0.15) is 42.9 Å². The second-order valence-electron chi connectivity index (χ2n) is 9.54. The highest BCUT2D eigenvalue weighted by atomic mass is 19.1. The number of methoxy groups -OCH3 is 1. The fourth-order valence-corrected chi connectivity index (χ4v) is 5.16. The Morgan fingerprint density at radius 1 is 1.27 bits per heavy atom. The zero-order valence-corrected chi connectivity index (χ0v) is 20.8. The Hall–Kier alpha value is -3.54. The van der Waals surface area contributed by atoms with Crippen molar-refractivity contribution in [1.82, 2.24) is 9.88 Å². The van der Waals surface area contributed by atoms with E-state index in [1.165, 1.54) is 18.3 Å². The third-order valence-electron chi connectivity index (χ3n) is 7.06. The summed E-state index contributed by atoms with van der Waals surface area (Å²) in [5, 5.41) is 10.1. The molecular weight excluding hydrogens is 476 g/mol. The molecule has 8 heteroatoms. The normalized spacial score (nSPS) is 18.7. The summed E-state index contributed by atoms with van der Waals surface area (Å²) in [4.78, 5) is 17.9. The summed E-state index contributed by atoms with van der Waals surface area (Å²) in [6.07, 6.45) is 3.26. The van der Waals surface area contributed by atoms with Crippen LogP contribution in [0.4, 0.5) is 8.78 Å². The maximum atomic E-state index is 14.8. The average Bonchev–Trinajstić information content (AvgIpc) is 2.87. The topological polar surface area (TPSA) is 88.7 Å². The number of hydrogen-bond acceptors (Lipinski definition) is 5. The van der Waals surface area contributed by atoms with Crippen LogP contribution in [0.5, 0.6) is 5.75 Å². The Labute approximate surface area is 215 Å². The molecule has 2 aromatic carbocycles. The van der Waals surface area contributed by atoms with Crippen LogP contribution in [0.2, 0.25) is 0 Å². The number of ether oxygens (including phenoxy) is 1. The molecule has 0 unspecified atom stereocenters. The molecule has 0 amide bonds. The lowest BCUT2D eigenvalue weighted by Gasteiger charge is -2.37. The molecule has 0 radical (unpaired) electrons. The number of likely N-dealkylation sites (tertiary alicyclic amines) is 1. The third kappa shape index (κ3) is 6.82. The Balaban J connectivity index is 1.42. The van der Waals surface area contributed by atoms with Crippen molar-refractivity contribution in [3.63, 3.8) is 0 Å². The van der Waals surface area contributed by atoms with Gasteiger partial charge < -0.3 is 15.6 Å². The smallest absolute Gasteiger partial charge is 0.303 e. The van der Waals surface area contributed by atoms with Crippen molar-refractivity contribution in [2.24, 2.45) is 17.6 Å². The average molecular weight is 508 g/mol. The second-order valence-corrected chi connectivity index (χ2v) is 9.54. The minimum Gasteiger partial charge on any atom is -0.497 e. The molecule has 4 rings (SSSR count). The van der Waals surface area contributed by atoms with E-state index in [1.54, 1.807) is 37.4 Å². The van der Waals surface area contributed by atoms with E-state index in [9.17, 15) is 18.7 Å². The number of aromatic nitrogens is 1. The molecule has 1 aliphatic rings. The van der Waals surface area contributed by atoms with Gasteiger partial charge in [0, 0.05) is 35.5 Å². The molecule has 3 N–H and O–H groups in total. The number of nitrogens with zero attached hydrogens (tertiary/aromatic N) is 2. The first-order valence-electron chi connectivity index (χ1n) is 12.4. The minimum atomic E-state index is -0.842. The Morgan fingerprint density at radius 2 is 2.11 bits per heavy atom. The number of aliphatic carboxylic acids is 1. The van der Waals surface area contributed by atoms with E-state index in [0.717, 1.165) is 13.0 Å². The van der Waals surface area contributed by atoms with Crippen LogP contribution in [0.3, 0.4) is 0 Å². The van der Waals surface area contributed by atoms with Crippen LogP contribution >= 0.6 is 0 Å². The molecule has 0 saturated carbocycles. The van der Waals surface area contributed by atoms with E-state index < -0.39 is 17.8 Å². The van der Waals surface area contributed by atoms with Crippen molar-refractivity contribution in [2.75, 3.05) is 26.7 Å². The number of benzene rings is 2. The van der Waals surface area contributed by atoms with Crippen LogP contribution in [0.25, 0.3) is 10.9 Å². The van der Waals surface area contributed by atoms with E-state index in [1.807, 2.05) is 0 Å². The molecule has 1 fully saturated rings. The summed E-state index contributed by atoms with van der Waals surface area (Å²) in [5.41, 5.74) is 8.16. The maximum Gasteiger partial charge on any atom is 0.303 e. The largest absolute Gasteiger partial charge is 0.497 e.